The molecule has 0 aromatic heterocycles. The first kappa shape index (κ1) is 96.5. The molecule has 9 heterocycles. The fourth-order valence-corrected chi connectivity index (χ4v) is 15.9. The highest BCUT2D eigenvalue weighted by Crippen LogP contribution is 2.52. The van der Waals surface area contributed by atoms with Crippen molar-refractivity contribution in [3.05, 3.63) is 164 Å². The molecule has 129 heavy (non-hydrogen) atoms. The van der Waals surface area contributed by atoms with Crippen molar-refractivity contribution >= 4 is 88.8 Å². The number of aliphatic hydroxyl groups is 15. The summed E-state index contributed by atoms with van der Waals surface area (Å²) in [4.78, 5) is 51.3. The fraction of sp³-hybridized carbons (Fsp3) is 0.420. The number of unbranched alkanes of at least 4 members (excludes halogenated alkanes) is 5. The Kier molecular flexibility index (Phi) is 31.3. The summed E-state index contributed by atoms with van der Waals surface area (Å²) >= 11 is 14.4. The lowest BCUT2D eigenvalue weighted by molar-refractivity contribution is -0.277. The number of phenolic OH excluding ortho intramolecular Hbond substituents is 4. The van der Waals surface area contributed by atoms with Gasteiger partial charge in [-0.15, -0.1) is 12.4 Å². The molecule has 692 valence electrons. The van der Waals surface area contributed by atoms with Gasteiger partial charge in [-0.25, -0.2) is 39.7 Å². The molecule has 0 radical (unpaired) electrons. The maximum atomic E-state index is 13.7. The average molecular weight is 1850 g/mol. The minimum Gasteiger partial charge on any atom is -0.508 e. The molecule has 17 bridgehead atoms. The van der Waals surface area contributed by atoms with Gasteiger partial charge in [0.05, 0.1) is 16.7 Å². The van der Waals surface area contributed by atoms with Crippen LogP contribution in [0.25, 0.3) is 11.1 Å². The number of fused-ring (bicyclic) bond motifs is 11. The van der Waals surface area contributed by atoms with E-state index >= 15 is 0 Å². The number of likely N-dealkylation sites (N-methyl/N-ethyl adjacent to an activating group) is 1. The number of aliphatic carboxylic acids is 1. The number of aromatic hydroxyl groups is 4. The van der Waals surface area contributed by atoms with E-state index in [1.165, 1.54) is 55.6 Å². The highest BCUT2D eigenvalue weighted by molar-refractivity contribution is 6.33. The molecule has 0 aliphatic carbocycles. The summed E-state index contributed by atoms with van der Waals surface area (Å²) < 4.78 is 44.6. The van der Waals surface area contributed by atoms with Gasteiger partial charge in [-0.1, -0.05) is 106 Å². The number of carboxylic acid groups (broad SMARTS) is 1. The van der Waals surface area contributed by atoms with Crippen molar-refractivity contribution in [1.29, 1.82) is 0 Å². The van der Waals surface area contributed by atoms with Crippen LogP contribution >= 0.6 is 35.6 Å². The third kappa shape index (κ3) is 22.0. The van der Waals surface area contributed by atoms with Gasteiger partial charge in [0.25, 0.3) is 0 Å². The Balaban J connectivity index is 0.0000151. The Bertz CT molecular complexity index is 5490. The maximum Gasteiger partial charge on any atom is 0.335 e. The lowest BCUT2D eigenvalue weighted by atomic mass is 9.90. The third-order valence-corrected chi connectivity index (χ3v) is 23.0. The van der Waals surface area contributed by atoms with Crippen LogP contribution in [0.1, 0.15) is 147 Å². The molecule has 41 heteroatoms. The van der Waals surface area contributed by atoms with Gasteiger partial charge in [-0.05, 0) is 147 Å². The quantitative estimate of drug-likeness (QED) is 0.0170. The number of aliphatic imine (C=N–C) groups is 8. The molecular weight excluding hydrogens is 1750 g/mol. The number of carbonyl (C=O) groups is 1. The topological polar surface area (TPSA) is 600 Å². The first-order valence-corrected chi connectivity index (χ1v) is 41.9. The van der Waals surface area contributed by atoms with Gasteiger partial charge < -0.3 is 146 Å². The van der Waals surface area contributed by atoms with Gasteiger partial charge in [0.15, 0.2) is 65.2 Å². The second kappa shape index (κ2) is 41.9. The number of rotatable bonds is 22. The van der Waals surface area contributed by atoms with Crippen molar-refractivity contribution in [2.45, 2.75) is 188 Å². The molecule has 0 saturated carbocycles. The van der Waals surface area contributed by atoms with Gasteiger partial charge in [0.2, 0.25) is 59.6 Å². The van der Waals surface area contributed by atoms with E-state index in [2.05, 4.69) is 54.1 Å². The van der Waals surface area contributed by atoms with Crippen LogP contribution in [0, 0.1) is 5.92 Å². The van der Waals surface area contributed by atoms with Crippen molar-refractivity contribution in [2.75, 3.05) is 40.8 Å². The molecular formula is C88H101Cl3N10O28. The van der Waals surface area contributed by atoms with Gasteiger partial charge in [-0.2, -0.15) is 0 Å². The number of halogens is 3. The van der Waals surface area contributed by atoms with E-state index in [4.69, 9.17) is 61.4 Å². The first-order chi connectivity index (χ1) is 61.1. The molecule has 2 fully saturated rings. The number of carboxylic acids is 1. The number of ether oxygens (including phenoxy) is 7. The zero-order valence-electron chi connectivity index (χ0n) is 70.0. The number of phenols is 4. The molecule has 7 aromatic rings. The van der Waals surface area contributed by atoms with Gasteiger partial charge in [-0.3, -0.25) is 4.99 Å². The molecule has 18 atom stereocenters. The minimum atomic E-state index is -2.43. The van der Waals surface area contributed by atoms with E-state index < -0.39 is 259 Å². The van der Waals surface area contributed by atoms with Crippen molar-refractivity contribution in [3.8, 4) is 80.1 Å². The second-order valence-corrected chi connectivity index (χ2v) is 33.1. The number of nitrogens with zero attached hydrogens (tertiary/aromatic N) is 9. The number of hydrogen-bond acceptors (Lipinski definition) is 29. The predicted octanol–water partition coefficient (Wildman–Crippen LogP) is 11.3. The van der Waals surface area contributed by atoms with Gasteiger partial charge in [0, 0.05) is 53.8 Å². The summed E-state index contributed by atoms with van der Waals surface area (Å²) in [6.07, 6.45) is -15.4. The molecule has 2 saturated heterocycles. The predicted molar refractivity (Wildman–Crippen MR) is 475 cm³/mol. The minimum absolute atomic E-state index is 0. The molecule has 9 aliphatic heterocycles. The van der Waals surface area contributed by atoms with E-state index in [1.807, 2.05) is 4.90 Å². The summed E-state index contributed by atoms with van der Waals surface area (Å²) in [6.45, 7) is 3.59. The monoisotopic (exact) mass is 1850 g/mol. The molecule has 0 unspecified atom stereocenters. The Morgan fingerprint density at radius 1 is 0.566 bits per heavy atom. The van der Waals surface area contributed by atoms with Crippen LogP contribution in [0.2, 0.25) is 10.0 Å². The molecule has 0 spiro atoms. The van der Waals surface area contributed by atoms with Crippen molar-refractivity contribution in [3.63, 3.8) is 0 Å². The number of nitrogens with one attached hydrogen (secondary N) is 1. The van der Waals surface area contributed by atoms with Crippen LogP contribution in [-0.4, -0.2) is 274 Å². The first-order valence-electron chi connectivity index (χ1n) is 41.2. The van der Waals surface area contributed by atoms with E-state index in [-0.39, 0.29) is 72.2 Å². The van der Waals surface area contributed by atoms with Crippen LogP contribution in [0.4, 0.5) is 0 Å². The van der Waals surface area contributed by atoms with Crippen molar-refractivity contribution < 1.29 is 140 Å². The summed E-state index contributed by atoms with van der Waals surface area (Å²) in [5.74, 6) is -16.0. The zero-order valence-corrected chi connectivity index (χ0v) is 72.4. The van der Waals surface area contributed by atoms with E-state index in [9.17, 15) is 107 Å². The van der Waals surface area contributed by atoms with Crippen LogP contribution < -0.4 is 29.0 Å². The van der Waals surface area contributed by atoms with Crippen LogP contribution in [0.5, 0.6) is 69.0 Å². The smallest absolute Gasteiger partial charge is 0.335 e. The summed E-state index contributed by atoms with van der Waals surface area (Å²) in [7, 11) is 5.00. The van der Waals surface area contributed by atoms with Crippen molar-refractivity contribution in [1.82, 2.24) is 10.2 Å². The second-order valence-electron chi connectivity index (χ2n) is 32.3. The Morgan fingerprint density at radius 3 is 1.90 bits per heavy atom. The summed E-state index contributed by atoms with van der Waals surface area (Å²) in [5, 5.41) is 243. The lowest BCUT2D eigenvalue weighted by Gasteiger charge is -2.40. The molecule has 38 nitrogen and oxygen atoms in total. The number of aliphatic hydroxyl groups excluding tert-OH is 15. The highest BCUT2D eigenvalue weighted by atomic mass is 35.5. The Morgan fingerprint density at radius 2 is 1.22 bits per heavy atom. The van der Waals surface area contributed by atoms with Gasteiger partial charge >= 0.3 is 5.97 Å². The van der Waals surface area contributed by atoms with E-state index in [1.54, 1.807) is 14.1 Å². The molecule has 16 rings (SSSR count). The SMILES string of the molecule is CN[C@H]1C(O)=N[C@@H]2Cc3ccc(cc3)Oc3cc4cc(c3O[C@@H]3O[C@H](C(=O)O)[C@@H](O)[C@H](O)[C@H]3N=C(O)CCCCCCCCC(C)C)Oc3ccc(cc3Cl)[C@@H](O)[C@@H]3N=C(O)[C@H](N=C(O)[C@@H]4N=C(O)[C@@H](N=C2O)c2cc(cc(O)c2Cl)Oc2ccc1cc2O)c1ccc(O)c(c1)-c1c(O[C@H]2O[C@H](CO)[C@@H](O)[C@H](O)[C@@H]2O)cc(O)cc1[C@@H](C(O)=NCCCN(C)C)N=C3O.Cl. The van der Waals surface area contributed by atoms with Crippen LogP contribution in [0.3, 0.4) is 0 Å². The third-order valence-electron chi connectivity index (χ3n) is 22.3. The summed E-state index contributed by atoms with van der Waals surface area (Å²) in [6, 6.07) is 6.42. The van der Waals surface area contributed by atoms with Crippen LogP contribution in [0.15, 0.2) is 155 Å². The summed E-state index contributed by atoms with van der Waals surface area (Å²) in [5.41, 5.74) is -2.38. The Hall–Kier alpha value is -11.6. The van der Waals surface area contributed by atoms with E-state index in [0.29, 0.717) is 30.9 Å². The average Bonchev–Trinajstić information content (AvgIpc) is 0.838. The highest BCUT2D eigenvalue weighted by Gasteiger charge is 2.51. The van der Waals surface area contributed by atoms with E-state index in [0.717, 1.165) is 98.8 Å². The Labute approximate surface area is 754 Å². The zero-order chi connectivity index (χ0) is 92.0. The van der Waals surface area contributed by atoms with Gasteiger partial charge in [0.1, 0.15) is 101 Å². The fourth-order valence-electron chi connectivity index (χ4n) is 15.5. The largest absolute Gasteiger partial charge is 0.508 e. The standard InChI is InChI=1S/C88H100Cl2N10O28.ClH/c1-38(2)13-10-8-6-7-9-11-14-61(106)94-70-73(109)75(111)78(86(120)121)128-87(70)127-77-58-31-43-32-59(77)124-55-23-19-42(29-50(55)89)71(107)69-85(119)98-67(80(114)92-25-12-26-100(4)5)48-33-44(102)34-57(125-88-76(112)74(110)72(108)60(37-101)126-88)62(48)47-28-40(17-22-52(47)103)65(82(116)99-69)95-83(117)66(43)96-84(118)68-49-35-46(36-54(105)63(49)90)123-56-24-18-41(30-53(56)104)64(91-3)81(115)93-51(79(113)97-68)27-39-15-20-45(122-58)21-16-39;/h15-24,28-36,38,51,60,64-76,78,87-88,91,101-105,107-112H,6-14,25-27,37H2,1-5H3,(H,92,114)(H,93,115)(H,94,106)(H,95,117)(H,96,118)(H,97,113)(H,98,119)(H,99,116)(H,120,121);1H/t51-,60-,64-,65-,66-,67+,68+,69+,70-,71-,72-,73-,74+,75+,76+,78+,87-,88+;/m1./s1. The van der Waals surface area contributed by atoms with Crippen LogP contribution in [-0.2, 0) is 20.7 Å². The molecule has 21 N–H and O–H groups in total. The molecule has 7 aromatic carbocycles. The lowest BCUT2D eigenvalue weighted by Crippen LogP contribution is -2.60. The number of benzene rings is 7. The number of hydrogen-bond donors (Lipinski definition) is 21. The normalized spacial score (nSPS) is 26.0. The molecule has 9 aliphatic rings. The maximum absolute atomic E-state index is 13.7. The van der Waals surface area contributed by atoms with Crippen molar-refractivity contribution in [2.24, 2.45) is 45.9 Å². The molecule has 0 amide bonds.